The Kier molecular flexibility index (Phi) is 3.51. The van der Waals surface area contributed by atoms with Crippen LogP contribution in [0.4, 0.5) is 5.82 Å². The van der Waals surface area contributed by atoms with E-state index in [-0.39, 0.29) is 0 Å². The summed E-state index contributed by atoms with van der Waals surface area (Å²) in [7, 11) is 0. The average molecular weight is 281 g/mol. The summed E-state index contributed by atoms with van der Waals surface area (Å²) in [4.78, 5) is 8.34. The average Bonchev–Trinajstić information content (AvgIpc) is 2.99. The van der Waals surface area contributed by atoms with Gasteiger partial charge in [0.2, 0.25) is 0 Å². The molecule has 2 N–H and O–H groups in total. The summed E-state index contributed by atoms with van der Waals surface area (Å²) in [5.41, 5.74) is 7.32. The van der Waals surface area contributed by atoms with Crippen LogP contribution < -0.4 is 10.5 Å². The zero-order valence-electron chi connectivity index (χ0n) is 11.6. The Hall–Kier alpha value is -2.89. The van der Waals surface area contributed by atoms with Crippen LogP contribution in [-0.4, -0.2) is 19.7 Å². The van der Waals surface area contributed by atoms with E-state index in [1.165, 1.54) is 0 Å². The lowest BCUT2D eigenvalue weighted by molar-refractivity contribution is 0.480. The third kappa shape index (κ3) is 3.00. The van der Waals surface area contributed by atoms with Crippen molar-refractivity contribution in [2.75, 3.05) is 5.73 Å². The topological polar surface area (TPSA) is 78.9 Å². The van der Waals surface area contributed by atoms with Gasteiger partial charge in [-0.15, -0.1) is 0 Å². The van der Waals surface area contributed by atoms with E-state index in [0.29, 0.717) is 17.3 Å². The van der Waals surface area contributed by atoms with E-state index in [9.17, 15) is 0 Å². The molecule has 0 amide bonds. The van der Waals surface area contributed by atoms with Crippen LogP contribution in [0.5, 0.6) is 11.5 Å². The van der Waals surface area contributed by atoms with E-state index >= 15 is 0 Å². The van der Waals surface area contributed by atoms with Crippen molar-refractivity contribution < 1.29 is 4.74 Å². The van der Waals surface area contributed by atoms with Gasteiger partial charge in [-0.3, -0.25) is 9.67 Å². The summed E-state index contributed by atoms with van der Waals surface area (Å²) in [6.45, 7) is 2.87. The Morgan fingerprint density at radius 1 is 1.14 bits per heavy atom. The van der Waals surface area contributed by atoms with Gasteiger partial charge in [-0.1, -0.05) is 0 Å². The van der Waals surface area contributed by atoms with Crippen molar-refractivity contribution in [3.05, 3.63) is 49.1 Å². The number of rotatable bonds is 4. The summed E-state index contributed by atoms with van der Waals surface area (Å²) in [6.07, 6.45) is 7.04. The fourth-order valence-electron chi connectivity index (χ4n) is 1.89. The third-order valence-corrected chi connectivity index (χ3v) is 2.98. The van der Waals surface area contributed by atoms with E-state index in [2.05, 4.69) is 15.1 Å². The van der Waals surface area contributed by atoms with Crippen molar-refractivity contribution in [1.82, 2.24) is 19.7 Å². The smallest absolute Gasteiger partial charge is 0.145 e. The zero-order chi connectivity index (χ0) is 14.7. The van der Waals surface area contributed by atoms with Crippen molar-refractivity contribution in [3.8, 4) is 22.8 Å². The molecule has 0 aromatic carbocycles. The maximum atomic E-state index is 5.74. The molecule has 106 valence electrons. The van der Waals surface area contributed by atoms with Crippen LogP contribution in [0.3, 0.4) is 0 Å². The molecule has 0 aliphatic rings. The van der Waals surface area contributed by atoms with Crippen molar-refractivity contribution in [3.63, 3.8) is 0 Å². The maximum absolute atomic E-state index is 5.74. The quantitative estimate of drug-likeness (QED) is 0.795. The molecule has 0 spiro atoms. The van der Waals surface area contributed by atoms with Gasteiger partial charge in [-0.25, -0.2) is 4.98 Å². The number of nitrogens with zero attached hydrogens (tertiary/aromatic N) is 4. The molecule has 3 heterocycles. The van der Waals surface area contributed by atoms with E-state index < -0.39 is 0 Å². The maximum Gasteiger partial charge on any atom is 0.145 e. The van der Waals surface area contributed by atoms with Crippen molar-refractivity contribution in [1.29, 1.82) is 0 Å². The highest BCUT2D eigenvalue weighted by molar-refractivity contribution is 5.58. The van der Waals surface area contributed by atoms with Crippen LogP contribution >= 0.6 is 0 Å². The third-order valence-electron chi connectivity index (χ3n) is 2.98. The lowest BCUT2D eigenvalue weighted by atomic mass is 10.2. The number of nitrogen functional groups attached to an aromatic ring is 1. The molecule has 6 nitrogen and oxygen atoms in total. The first kappa shape index (κ1) is 13.1. The van der Waals surface area contributed by atoms with Gasteiger partial charge in [0.1, 0.15) is 17.3 Å². The number of hydrogen-bond donors (Lipinski definition) is 1. The molecule has 0 saturated carbocycles. The first-order valence-corrected chi connectivity index (χ1v) is 6.63. The molecule has 0 aliphatic heterocycles. The second-order valence-electron chi connectivity index (χ2n) is 4.48. The van der Waals surface area contributed by atoms with Crippen LogP contribution in [-0.2, 0) is 6.54 Å². The Labute approximate surface area is 122 Å². The lowest BCUT2D eigenvalue weighted by Crippen LogP contribution is -1.92. The van der Waals surface area contributed by atoms with Crippen molar-refractivity contribution in [2.24, 2.45) is 0 Å². The summed E-state index contributed by atoms with van der Waals surface area (Å²) < 4.78 is 7.60. The standard InChI is InChI=1S/C15H15N5O/c1-2-20-10-11(8-19-20)14-7-12(5-6-17-14)21-13-3-4-15(16)18-9-13/h3-10H,2H2,1H3,(H2,16,18). The van der Waals surface area contributed by atoms with Gasteiger partial charge in [-0.2, -0.15) is 5.10 Å². The normalized spacial score (nSPS) is 10.5. The first-order valence-electron chi connectivity index (χ1n) is 6.63. The molecule has 3 aromatic heterocycles. The monoisotopic (exact) mass is 281 g/mol. The fourth-order valence-corrected chi connectivity index (χ4v) is 1.89. The molecule has 6 heteroatoms. The van der Waals surface area contributed by atoms with Gasteiger partial charge in [0.15, 0.2) is 0 Å². The molecule has 0 radical (unpaired) electrons. The highest BCUT2D eigenvalue weighted by atomic mass is 16.5. The summed E-state index contributed by atoms with van der Waals surface area (Å²) in [6, 6.07) is 7.14. The van der Waals surface area contributed by atoms with Gasteiger partial charge >= 0.3 is 0 Å². The Bertz CT molecular complexity index is 736. The van der Waals surface area contributed by atoms with Gasteiger partial charge < -0.3 is 10.5 Å². The molecule has 0 aliphatic carbocycles. The molecule has 0 unspecified atom stereocenters. The summed E-state index contributed by atoms with van der Waals surface area (Å²) in [5, 5.41) is 4.25. The van der Waals surface area contributed by atoms with Crippen LogP contribution in [0.1, 0.15) is 6.92 Å². The van der Waals surface area contributed by atoms with Crippen LogP contribution in [0, 0.1) is 0 Å². The van der Waals surface area contributed by atoms with Gasteiger partial charge in [0.25, 0.3) is 0 Å². The second kappa shape index (κ2) is 5.62. The number of pyridine rings is 2. The van der Waals surface area contributed by atoms with E-state index in [0.717, 1.165) is 17.8 Å². The molecule has 21 heavy (non-hydrogen) atoms. The Morgan fingerprint density at radius 2 is 2.05 bits per heavy atom. The number of aromatic nitrogens is 4. The molecular formula is C15H15N5O. The molecule has 3 rings (SSSR count). The van der Waals surface area contributed by atoms with Gasteiger partial charge in [0, 0.05) is 30.6 Å². The Balaban J connectivity index is 1.84. The molecule has 0 atom stereocenters. The fraction of sp³-hybridized carbons (Fsp3) is 0.133. The van der Waals surface area contributed by atoms with Crippen LogP contribution in [0.25, 0.3) is 11.3 Å². The highest BCUT2D eigenvalue weighted by Gasteiger charge is 2.05. The van der Waals surface area contributed by atoms with Crippen molar-refractivity contribution in [2.45, 2.75) is 13.5 Å². The van der Waals surface area contributed by atoms with Crippen LogP contribution in [0.15, 0.2) is 49.1 Å². The number of hydrogen-bond acceptors (Lipinski definition) is 5. The minimum Gasteiger partial charge on any atom is -0.456 e. The Morgan fingerprint density at radius 3 is 2.76 bits per heavy atom. The number of aryl methyl sites for hydroxylation is 1. The summed E-state index contributed by atoms with van der Waals surface area (Å²) >= 11 is 0. The molecule has 0 fully saturated rings. The summed E-state index contributed by atoms with van der Waals surface area (Å²) in [5.74, 6) is 1.78. The SMILES string of the molecule is CCn1cc(-c2cc(Oc3ccc(N)nc3)ccn2)cn1. The molecule has 0 saturated heterocycles. The van der Waals surface area contributed by atoms with E-state index in [4.69, 9.17) is 10.5 Å². The second-order valence-corrected chi connectivity index (χ2v) is 4.48. The first-order chi connectivity index (χ1) is 10.2. The predicted octanol–water partition coefficient (Wildman–Crippen LogP) is 2.73. The van der Waals surface area contributed by atoms with E-state index in [1.54, 1.807) is 36.8 Å². The molecular weight excluding hydrogens is 266 g/mol. The van der Waals surface area contributed by atoms with Crippen LogP contribution in [0.2, 0.25) is 0 Å². The molecule has 0 bridgehead atoms. The number of ether oxygens (including phenoxy) is 1. The number of anilines is 1. The zero-order valence-corrected chi connectivity index (χ0v) is 11.6. The minimum absolute atomic E-state index is 0.463. The van der Waals surface area contributed by atoms with Gasteiger partial charge in [-0.05, 0) is 25.1 Å². The molecule has 3 aromatic rings. The lowest BCUT2D eigenvalue weighted by Gasteiger charge is -2.06. The predicted molar refractivity (Wildman–Crippen MR) is 79.9 cm³/mol. The highest BCUT2D eigenvalue weighted by Crippen LogP contribution is 2.25. The largest absolute Gasteiger partial charge is 0.456 e. The number of nitrogens with two attached hydrogens (primary N) is 1. The van der Waals surface area contributed by atoms with E-state index in [1.807, 2.05) is 23.9 Å². The van der Waals surface area contributed by atoms with Gasteiger partial charge in [0.05, 0.1) is 18.1 Å². The van der Waals surface area contributed by atoms with Crippen molar-refractivity contribution >= 4 is 5.82 Å². The minimum atomic E-state index is 0.463.